The molecule has 4 nitrogen and oxygen atoms in total. The van der Waals surface area contributed by atoms with E-state index < -0.39 is 11.8 Å². The summed E-state index contributed by atoms with van der Waals surface area (Å²) in [5, 5.41) is 13.1. The smallest absolute Gasteiger partial charge is 0.357 e. The third-order valence-corrected chi connectivity index (χ3v) is 2.70. The van der Waals surface area contributed by atoms with E-state index in [0.29, 0.717) is 15.4 Å². The van der Waals surface area contributed by atoms with Crippen LogP contribution in [0.4, 0.5) is 4.39 Å². The molecule has 0 fully saturated rings. The Morgan fingerprint density at radius 3 is 2.87 bits per heavy atom. The quantitative estimate of drug-likeness (QED) is 0.866. The van der Waals surface area contributed by atoms with Gasteiger partial charge in [0, 0.05) is 16.9 Å². The van der Waals surface area contributed by atoms with Gasteiger partial charge < -0.3 is 5.11 Å². The van der Waals surface area contributed by atoms with Gasteiger partial charge in [0.25, 0.3) is 0 Å². The fraction of sp³-hybridized carbons (Fsp3) is 0.111. The van der Waals surface area contributed by atoms with Crippen molar-refractivity contribution in [1.29, 1.82) is 0 Å². The van der Waals surface area contributed by atoms with Gasteiger partial charge in [0.15, 0.2) is 5.69 Å². The fourth-order valence-corrected chi connectivity index (χ4v) is 2.06. The highest BCUT2D eigenvalue weighted by Gasteiger charge is 2.18. The van der Waals surface area contributed by atoms with Crippen LogP contribution in [0.5, 0.6) is 0 Å². The van der Waals surface area contributed by atoms with Gasteiger partial charge in [-0.25, -0.2) is 9.18 Å². The summed E-state index contributed by atoms with van der Waals surface area (Å²) >= 11 is 3.12. The minimum atomic E-state index is -1.13. The summed E-state index contributed by atoms with van der Waals surface area (Å²) in [6, 6.07) is 2.47. The van der Waals surface area contributed by atoms with Crippen molar-refractivity contribution in [2.75, 3.05) is 0 Å². The maximum absolute atomic E-state index is 13.1. The second-order valence-corrected chi connectivity index (χ2v) is 3.91. The Bertz CT molecular complexity index is 565. The number of carboxylic acids is 1. The van der Waals surface area contributed by atoms with E-state index in [2.05, 4.69) is 21.0 Å². The first-order valence-corrected chi connectivity index (χ1v) is 4.85. The standard InChI is InChI=1S/C9H6BrFN2O2/c1-13-6-3-4(11)2-5(10)7(6)8(12-13)9(14)15/h2-3H,1H3,(H,14,15). The van der Waals surface area contributed by atoms with Crippen molar-refractivity contribution in [1.82, 2.24) is 9.78 Å². The van der Waals surface area contributed by atoms with Gasteiger partial charge >= 0.3 is 5.97 Å². The van der Waals surface area contributed by atoms with Crippen LogP contribution in [0.15, 0.2) is 16.6 Å². The summed E-state index contributed by atoms with van der Waals surface area (Å²) in [7, 11) is 1.57. The zero-order valence-corrected chi connectivity index (χ0v) is 9.25. The van der Waals surface area contributed by atoms with E-state index in [1.807, 2.05) is 0 Å². The van der Waals surface area contributed by atoms with Gasteiger partial charge in [-0.1, -0.05) is 0 Å². The Balaban J connectivity index is 2.93. The summed E-state index contributed by atoms with van der Waals surface area (Å²) in [5.41, 5.74) is 0.360. The third-order valence-electron chi connectivity index (χ3n) is 2.07. The minimum Gasteiger partial charge on any atom is -0.476 e. The number of aromatic carboxylic acids is 1. The summed E-state index contributed by atoms with van der Waals surface area (Å²) in [5.74, 6) is -1.57. The number of aromatic nitrogens is 2. The molecule has 1 N–H and O–H groups in total. The van der Waals surface area contributed by atoms with Gasteiger partial charge in [0.05, 0.1) is 5.52 Å². The van der Waals surface area contributed by atoms with Crippen molar-refractivity contribution in [3.8, 4) is 0 Å². The zero-order valence-electron chi connectivity index (χ0n) is 7.66. The molecular weight excluding hydrogens is 267 g/mol. The normalized spacial score (nSPS) is 10.9. The molecule has 2 rings (SSSR count). The molecule has 1 heterocycles. The SMILES string of the molecule is Cn1nc(C(=O)O)c2c(Br)cc(F)cc21. The minimum absolute atomic E-state index is 0.0839. The second-order valence-electron chi connectivity index (χ2n) is 3.06. The Hall–Kier alpha value is -1.43. The van der Waals surface area contributed by atoms with Crippen molar-refractivity contribution < 1.29 is 14.3 Å². The Kier molecular flexibility index (Phi) is 2.22. The van der Waals surface area contributed by atoms with Crippen LogP contribution >= 0.6 is 15.9 Å². The maximum Gasteiger partial charge on any atom is 0.357 e. The van der Waals surface area contributed by atoms with Crippen molar-refractivity contribution in [2.24, 2.45) is 7.05 Å². The summed E-state index contributed by atoms with van der Waals surface area (Å²) in [6.45, 7) is 0. The number of aryl methyl sites for hydroxylation is 1. The average Bonchev–Trinajstić information content (AvgIpc) is 2.44. The molecule has 0 saturated carbocycles. The van der Waals surface area contributed by atoms with E-state index in [0.717, 1.165) is 0 Å². The van der Waals surface area contributed by atoms with Crippen LogP contribution in [-0.2, 0) is 7.05 Å². The number of fused-ring (bicyclic) bond motifs is 1. The molecule has 0 unspecified atom stereocenters. The van der Waals surface area contributed by atoms with Crippen LogP contribution < -0.4 is 0 Å². The monoisotopic (exact) mass is 272 g/mol. The number of nitrogens with zero attached hydrogens (tertiary/aromatic N) is 2. The molecular formula is C9H6BrFN2O2. The third kappa shape index (κ3) is 1.50. The molecule has 0 spiro atoms. The zero-order chi connectivity index (χ0) is 11.2. The number of carboxylic acid groups (broad SMARTS) is 1. The first-order chi connectivity index (χ1) is 7.00. The number of hydrogen-bond acceptors (Lipinski definition) is 2. The van der Waals surface area contributed by atoms with E-state index >= 15 is 0 Å². The summed E-state index contributed by atoms with van der Waals surface area (Å²) in [6.07, 6.45) is 0. The Morgan fingerprint density at radius 2 is 2.27 bits per heavy atom. The van der Waals surface area contributed by atoms with E-state index in [1.54, 1.807) is 7.05 Å². The highest BCUT2D eigenvalue weighted by Crippen LogP contribution is 2.28. The Morgan fingerprint density at radius 1 is 1.60 bits per heavy atom. The van der Waals surface area contributed by atoms with Crippen LogP contribution in [0.1, 0.15) is 10.5 Å². The van der Waals surface area contributed by atoms with E-state index in [1.165, 1.54) is 16.8 Å². The predicted octanol–water partition coefficient (Wildman–Crippen LogP) is 2.17. The molecule has 0 bridgehead atoms. The lowest BCUT2D eigenvalue weighted by Gasteiger charge is -1.97. The molecule has 0 atom stereocenters. The number of hydrogen-bond donors (Lipinski definition) is 1. The van der Waals surface area contributed by atoms with Gasteiger partial charge in [-0.05, 0) is 28.1 Å². The lowest BCUT2D eigenvalue weighted by atomic mass is 10.2. The van der Waals surface area contributed by atoms with Gasteiger partial charge in [0.2, 0.25) is 0 Å². The molecule has 1 aromatic heterocycles. The molecule has 1 aromatic carbocycles. The molecule has 15 heavy (non-hydrogen) atoms. The largest absolute Gasteiger partial charge is 0.476 e. The highest BCUT2D eigenvalue weighted by molar-refractivity contribution is 9.10. The summed E-state index contributed by atoms with van der Waals surface area (Å²) < 4.78 is 14.8. The predicted molar refractivity (Wildman–Crippen MR) is 55.3 cm³/mol. The average molecular weight is 273 g/mol. The van der Waals surface area contributed by atoms with Crippen molar-refractivity contribution >= 4 is 32.8 Å². The van der Waals surface area contributed by atoms with E-state index in [4.69, 9.17) is 5.11 Å². The van der Waals surface area contributed by atoms with Crippen LogP contribution in [-0.4, -0.2) is 20.9 Å². The van der Waals surface area contributed by atoms with Crippen LogP contribution in [0.3, 0.4) is 0 Å². The van der Waals surface area contributed by atoms with Gasteiger partial charge in [0.1, 0.15) is 5.82 Å². The molecule has 6 heteroatoms. The highest BCUT2D eigenvalue weighted by atomic mass is 79.9. The number of benzene rings is 1. The first-order valence-electron chi connectivity index (χ1n) is 4.05. The fourth-order valence-electron chi connectivity index (χ4n) is 1.45. The second kappa shape index (κ2) is 3.30. The topological polar surface area (TPSA) is 55.1 Å². The van der Waals surface area contributed by atoms with Crippen LogP contribution in [0, 0.1) is 5.82 Å². The maximum atomic E-state index is 13.1. The first kappa shape index (κ1) is 10.1. The van der Waals surface area contributed by atoms with Crippen LogP contribution in [0.25, 0.3) is 10.9 Å². The van der Waals surface area contributed by atoms with E-state index in [-0.39, 0.29) is 5.69 Å². The lowest BCUT2D eigenvalue weighted by Crippen LogP contribution is -1.99. The Labute approximate surface area is 92.4 Å². The number of halogens is 2. The molecule has 78 valence electrons. The van der Waals surface area contributed by atoms with Gasteiger partial charge in [-0.2, -0.15) is 5.10 Å². The molecule has 0 aliphatic rings. The molecule has 2 aromatic rings. The molecule has 0 radical (unpaired) electrons. The van der Waals surface area contributed by atoms with Crippen molar-refractivity contribution in [2.45, 2.75) is 0 Å². The van der Waals surface area contributed by atoms with Crippen molar-refractivity contribution in [3.05, 3.63) is 28.1 Å². The van der Waals surface area contributed by atoms with Gasteiger partial charge in [-0.15, -0.1) is 0 Å². The molecule has 0 aliphatic carbocycles. The molecule has 0 amide bonds. The molecule has 0 aliphatic heterocycles. The number of carbonyl (C=O) groups is 1. The summed E-state index contributed by atoms with van der Waals surface area (Å²) in [4.78, 5) is 10.9. The van der Waals surface area contributed by atoms with Crippen LogP contribution in [0.2, 0.25) is 0 Å². The van der Waals surface area contributed by atoms with Gasteiger partial charge in [-0.3, -0.25) is 4.68 Å². The number of rotatable bonds is 1. The lowest BCUT2D eigenvalue weighted by molar-refractivity contribution is 0.0691. The molecule has 0 saturated heterocycles. The van der Waals surface area contributed by atoms with Crippen molar-refractivity contribution in [3.63, 3.8) is 0 Å². The van der Waals surface area contributed by atoms with E-state index in [9.17, 15) is 9.18 Å².